The van der Waals surface area contributed by atoms with E-state index in [4.69, 9.17) is 4.42 Å². The van der Waals surface area contributed by atoms with Crippen molar-refractivity contribution in [3.63, 3.8) is 0 Å². The highest BCUT2D eigenvalue weighted by molar-refractivity contribution is 7.99. The second-order valence-corrected chi connectivity index (χ2v) is 9.32. The van der Waals surface area contributed by atoms with Gasteiger partial charge in [-0.15, -0.1) is 5.10 Å². The first-order valence-corrected chi connectivity index (χ1v) is 12.4. The van der Waals surface area contributed by atoms with Gasteiger partial charge in [0.15, 0.2) is 5.16 Å². The molecule has 35 heavy (non-hydrogen) atoms. The van der Waals surface area contributed by atoms with Crippen LogP contribution < -0.4 is 5.69 Å². The number of aryl methyl sites for hydroxylation is 2. The Morgan fingerprint density at radius 2 is 1.91 bits per heavy atom. The number of rotatable bonds is 8. The molecule has 1 amide bonds. The van der Waals surface area contributed by atoms with Gasteiger partial charge in [-0.3, -0.25) is 9.36 Å². The Bertz CT molecular complexity index is 1370. The lowest BCUT2D eigenvalue weighted by Crippen LogP contribution is -2.28. The van der Waals surface area contributed by atoms with Crippen LogP contribution >= 0.6 is 11.8 Å². The summed E-state index contributed by atoms with van der Waals surface area (Å²) in [6, 6.07) is 21.4. The molecule has 178 valence electrons. The normalized spacial score (nSPS) is 15.4. The number of nitrogens with one attached hydrogen (secondary N) is 1. The monoisotopic (exact) mass is 487 g/mol. The van der Waals surface area contributed by atoms with Crippen LogP contribution in [0.4, 0.5) is 0 Å². The summed E-state index contributed by atoms with van der Waals surface area (Å²) in [7, 11) is 0. The molecule has 1 aliphatic rings. The SMILES string of the molecule is Cc1ccc(C2=NN(C(=O)CSc3n[nH]c(=O)n3CCc3ccccc3)[C@@H](c3ccco3)C2)cc1. The standard InChI is InChI=1S/C26H25N5O3S/c1-18-9-11-20(12-10-18)21-16-22(23-8-5-15-34-23)31(29-21)24(32)17-35-26-28-27-25(33)30(26)14-13-19-6-3-2-4-7-19/h2-12,15,22H,13-14,16-17H2,1H3,(H,27,33)/t22-/m1/s1. The lowest BCUT2D eigenvalue weighted by molar-refractivity contribution is -0.130. The molecule has 0 saturated heterocycles. The van der Waals surface area contributed by atoms with Gasteiger partial charge >= 0.3 is 5.69 Å². The van der Waals surface area contributed by atoms with E-state index in [2.05, 4.69) is 15.3 Å². The zero-order chi connectivity index (χ0) is 24.2. The van der Waals surface area contributed by atoms with Crippen LogP contribution in [0.3, 0.4) is 0 Å². The number of carbonyl (C=O) groups excluding carboxylic acids is 1. The Balaban J connectivity index is 1.31. The van der Waals surface area contributed by atoms with Crippen LogP contribution in [0.25, 0.3) is 0 Å². The van der Waals surface area contributed by atoms with Crippen molar-refractivity contribution < 1.29 is 9.21 Å². The predicted molar refractivity (Wildman–Crippen MR) is 134 cm³/mol. The molecule has 2 aromatic carbocycles. The largest absolute Gasteiger partial charge is 0.467 e. The number of aromatic nitrogens is 3. The highest BCUT2D eigenvalue weighted by atomic mass is 32.2. The van der Waals surface area contributed by atoms with Crippen molar-refractivity contribution in [1.82, 2.24) is 19.8 Å². The van der Waals surface area contributed by atoms with E-state index < -0.39 is 0 Å². The zero-order valence-electron chi connectivity index (χ0n) is 19.3. The van der Waals surface area contributed by atoms with Crippen LogP contribution in [0.1, 0.15) is 34.9 Å². The number of H-pyrrole nitrogens is 1. The number of aromatic amines is 1. The van der Waals surface area contributed by atoms with Gasteiger partial charge in [-0.1, -0.05) is 71.9 Å². The highest BCUT2D eigenvalue weighted by Crippen LogP contribution is 2.34. The molecular weight excluding hydrogens is 462 g/mol. The quantitative estimate of drug-likeness (QED) is 0.376. The number of amides is 1. The molecule has 0 bridgehead atoms. The average molecular weight is 488 g/mol. The van der Waals surface area contributed by atoms with Crippen molar-refractivity contribution in [3.05, 3.63) is 106 Å². The van der Waals surface area contributed by atoms with E-state index in [0.29, 0.717) is 30.3 Å². The predicted octanol–water partition coefficient (Wildman–Crippen LogP) is 4.19. The number of hydrogen-bond acceptors (Lipinski definition) is 6. The maximum Gasteiger partial charge on any atom is 0.343 e. The molecule has 4 aromatic rings. The van der Waals surface area contributed by atoms with Gasteiger partial charge in [-0.05, 0) is 36.6 Å². The third-order valence-corrected chi connectivity index (χ3v) is 6.90. The first-order valence-electron chi connectivity index (χ1n) is 11.4. The average Bonchev–Trinajstić information content (AvgIpc) is 3.63. The Kier molecular flexibility index (Phi) is 6.67. The van der Waals surface area contributed by atoms with E-state index in [9.17, 15) is 9.59 Å². The van der Waals surface area contributed by atoms with E-state index in [1.165, 1.54) is 16.8 Å². The molecule has 0 saturated carbocycles. The summed E-state index contributed by atoms with van der Waals surface area (Å²) in [4.78, 5) is 25.6. The molecule has 5 rings (SSSR count). The Morgan fingerprint density at radius 1 is 1.11 bits per heavy atom. The second kappa shape index (κ2) is 10.2. The van der Waals surface area contributed by atoms with Gasteiger partial charge < -0.3 is 4.42 Å². The van der Waals surface area contributed by atoms with E-state index in [-0.39, 0.29) is 23.4 Å². The number of thioether (sulfide) groups is 1. The lowest BCUT2D eigenvalue weighted by Gasteiger charge is -2.19. The van der Waals surface area contributed by atoms with Crippen LogP contribution in [0, 0.1) is 6.92 Å². The fraction of sp³-hybridized carbons (Fsp3) is 0.231. The molecule has 0 fully saturated rings. The number of furan rings is 1. The van der Waals surface area contributed by atoms with Gasteiger partial charge in [-0.2, -0.15) is 5.10 Å². The van der Waals surface area contributed by atoms with E-state index in [0.717, 1.165) is 22.4 Å². The first kappa shape index (κ1) is 22.9. The number of hydrogen-bond donors (Lipinski definition) is 1. The van der Waals surface area contributed by atoms with Crippen molar-refractivity contribution >= 4 is 23.4 Å². The number of hydrazone groups is 1. The molecule has 0 aliphatic carbocycles. The van der Waals surface area contributed by atoms with Crippen LogP contribution in [-0.2, 0) is 17.8 Å². The van der Waals surface area contributed by atoms with Gasteiger partial charge in [0.1, 0.15) is 11.8 Å². The van der Waals surface area contributed by atoms with Crippen LogP contribution in [-0.4, -0.2) is 37.1 Å². The van der Waals surface area contributed by atoms with Crippen molar-refractivity contribution in [2.24, 2.45) is 5.10 Å². The Morgan fingerprint density at radius 3 is 2.66 bits per heavy atom. The summed E-state index contributed by atoms with van der Waals surface area (Å²) >= 11 is 1.23. The number of nitrogens with zero attached hydrogens (tertiary/aromatic N) is 4. The summed E-state index contributed by atoms with van der Waals surface area (Å²) in [6.07, 6.45) is 2.86. The Hall–Kier alpha value is -3.85. The van der Waals surface area contributed by atoms with Crippen LogP contribution in [0.15, 0.2) is 92.5 Å². The third-order valence-electron chi connectivity index (χ3n) is 5.94. The summed E-state index contributed by atoms with van der Waals surface area (Å²) < 4.78 is 7.19. The lowest BCUT2D eigenvalue weighted by atomic mass is 10.0. The molecule has 1 N–H and O–H groups in total. The molecule has 1 aliphatic heterocycles. The minimum atomic E-state index is -0.311. The molecule has 3 heterocycles. The molecule has 1 atom stereocenters. The van der Waals surface area contributed by atoms with Crippen molar-refractivity contribution in [2.45, 2.75) is 37.5 Å². The molecule has 9 heteroatoms. The minimum absolute atomic E-state index is 0.0948. The van der Waals surface area contributed by atoms with Crippen molar-refractivity contribution in [3.8, 4) is 0 Å². The van der Waals surface area contributed by atoms with Gasteiger partial charge in [-0.25, -0.2) is 14.9 Å². The maximum absolute atomic E-state index is 13.3. The van der Waals surface area contributed by atoms with E-state index in [1.807, 2.05) is 73.7 Å². The number of benzene rings is 2. The molecular formula is C26H25N5O3S. The van der Waals surface area contributed by atoms with Gasteiger partial charge in [0.05, 0.1) is 17.7 Å². The zero-order valence-corrected chi connectivity index (χ0v) is 20.1. The Labute approximate surface area is 206 Å². The third kappa shape index (κ3) is 5.14. The van der Waals surface area contributed by atoms with Crippen LogP contribution in [0.5, 0.6) is 0 Å². The fourth-order valence-electron chi connectivity index (χ4n) is 4.05. The molecule has 2 aromatic heterocycles. The summed E-state index contributed by atoms with van der Waals surface area (Å²) in [5.41, 5.74) is 3.83. The second-order valence-electron chi connectivity index (χ2n) is 8.37. The molecule has 8 nitrogen and oxygen atoms in total. The summed E-state index contributed by atoms with van der Waals surface area (Å²) in [5, 5.41) is 13.3. The summed E-state index contributed by atoms with van der Waals surface area (Å²) in [5.74, 6) is 0.606. The minimum Gasteiger partial charge on any atom is -0.467 e. The maximum atomic E-state index is 13.3. The van der Waals surface area contributed by atoms with Crippen molar-refractivity contribution in [2.75, 3.05) is 5.75 Å². The van der Waals surface area contributed by atoms with Crippen LogP contribution in [0.2, 0.25) is 0 Å². The topological polar surface area (TPSA) is 96.5 Å². The summed E-state index contributed by atoms with van der Waals surface area (Å²) in [6.45, 7) is 2.51. The van der Waals surface area contributed by atoms with Gasteiger partial charge in [0.2, 0.25) is 0 Å². The van der Waals surface area contributed by atoms with Gasteiger partial charge in [0, 0.05) is 13.0 Å². The number of carbonyl (C=O) groups is 1. The van der Waals surface area contributed by atoms with Crippen molar-refractivity contribution in [1.29, 1.82) is 0 Å². The van der Waals surface area contributed by atoms with E-state index >= 15 is 0 Å². The molecule has 0 spiro atoms. The van der Waals surface area contributed by atoms with Gasteiger partial charge in [0.25, 0.3) is 5.91 Å². The fourth-order valence-corrected chi connectivity index (χ4v) is 4.88. The smallest absolute Gasteiger partial charge is 0.343 e. The first-order chi connectivity index (χ1) is 17.1. The highest BCUT2D eigenvalue weighted by Gasteiger charge is 2.35. The van der Waals surface area contributed by atoms with E-state index in [1.54, 1.807) is 10.8 Å². The molecule has 0 radical (unpaired) electrons. The molecule has 0 unspecified atom stereocenters.